The Morgan fingerprint density at radius 1 is 0.571 bits per heavy atom. The lowest BCUT2D eigenvalue weighted by molar-refractivity contribution is -0.137. The largest absolute Gasteiger partial charge is 0.481 e. The Hall–Kier alpha value is -1.05. The highest BCUT2D eigenvalue weighted by Crippen LogP contribution is 2.14. The molecule has 28 heavy (non-hydrogen) atoms. The van der Waals surface area contributed by atoms with Gasteiger partial charge in [-0.25, -0.2) is 0 Å². The minimum atomic E-state index is -0.654. The fraction of sp³-hybridized carbons (Fsp3) is 0.808. The minimum absolute atomic E-state index is 0.341. The molecule has 0 saturated carbocycles. The number of carbonyl (C=O) groups is 1. The molecule has 0 aromatic carbocycles. The molecular formula is C26H48O2. The molecule has 0 atom stereocenters. The molecule has 0 aliphatic heterocycles. The van der Waals surface area contributed by atoms with Gasteiger partial charge in [0.05, 0.1) is 0 Å². The zero-order valence-electron chi connectivity index (χ0n) is 18.8. The van der Waals surface area contributed by atoms with Crippen LogP contribution in [-0.4, -0.2) is 11.1 Å². The predicted octanol–water partition coefficient (Wildman–Crippen LogP) is 9.01. The van der Waals surface area contributed by atoms with Crippen molar-refractivity contribution in [3.8, 4) is 0 Å². The van der Waals surface area contributed by atoms with Crippen LogP contribution in [0, 0.1) is 0 Å². The third-order valence-electron chi connectivity index (χ3n) is 5.32. The lowest BCUT2D eigenvalue weighted by Crippen LogP contribution is -1.93. The summed E-state index contributed by atoms with van der Waals surface area (Å²) in [6, 6.07) is 0. The Labute approximate surface area is 175 Å². The summed E-state index contributed by atoms with van der Waals surface area (Å²) >= 11 is 0. The van der Waals surface area contributed by atoms with Gasteiger partial charge in [-0.1, -0.05) is 121 Å². The summed E-state index contributed by atoms with van der Waals surface area (Å²) < 4.78 is 0. The second-order valence-corrected chi connectivity index (χ2v) is 8.20. The second kappa shape index (κ2) is 24.0. The first-order valence-electron chi connectivity index (χ1n) is 12.3. The van der Waals surface area contributed by atoms with E-state index >= 15 is 0 Å². The van der Waals surface area contributed by atoms with Gasteiger partial charge in [0, 0.05) is 6.42 Å². The molecular weight excluding hydrogens is 344 g/mol. The molecule has 0 aliphatic carbocycles. The van der Waals surface area contributed by atoms with Crippen LogP contribution in [0.2, 0.25) is 0 Å². The van der Waals surface area contributed by atoms with E-state index in [-0.39, 0.29) is 0 Å². The molecule has 0 fully saturated rings. The molecule has 1 N–H and O–H groups in total. The van der Waals surface area contributed by atoms with Crippen molar-refractivity contribution in [3.63, 3.8) is 0 Å². The molecule has 0 aromatic heterocycles. The summed E-state index contributed by atoms with van der Waals surface area (Å²) in [5, 5.41) is 8.58. The van der Waals surface area contributed by atoms with Crippen LogP contribution in [0.4, 0.5) is 0 Å². The van der Waals surface area contributed by atoms with Crippen molar-refractivity contribution in [2.24, 2.45) is 0 Å². The number of carboxylic acid groups (broad SMARTS) is 1. The molecule has 0 saturated heterocycles. The monoisotopic (exact) mass is 392 g/mol. The summed E-state index contributed by atoms with van der Waals surface area (Å²) in [4.78, 5) is 10.4. The maximum absolute atomic E-state index is 10.4. The van der Waals surface area contributed by atoms with E-state index in [1.165, 1.54) is 103 Å². The van der Waals surface area contributed by atoms with E-state index < -0.39 is 5.97 Å². The van der Waals surface area contributed by atoms with Crippen LogP contribution in [0.1, 0.15) is 135 Å². The zero-order valence-corrected chi connectivity index (χ0v) is 18.8. The van der Waals surface area contributed by atoms with Crippen molar-refractivity contribution in [1.29, 1.82) is 0 Å². The number of carboxylic acids is 1. The third-order valence-corrected chi connectivity index (χ3v) is 5.32. The fourth-order valence-corrected chi connectivity index (χ4v) is 3.51. The average molecular weight is 393 g/mol. The first kappa shape index (κ1) is 27.0. The van der Waals surface area contributed by atoms with Crippen molar-refractivity contribution < 1.29 is 9.90 Å². The molecule has 0 bridgehead atoms. The molecule has 0 unspecified atom stereocenters. The first-order chi connectivity index (χ1) is 13.8. The Morgan fingerprint density at radius 3 is 1.39 bits per heavy atom. The van der Waals surface area contributed by atoms with E-state index in [9.17, 15) is 4.79 Å². The Balaban J connectivity index is 3.08. The van der Waals surface area contributed by atoms with Crippen LogP contribution in [-0.2, 0) is 4.79 Å². The lowest BCUT2D eigenvalue weighted by atomic mass is 10.0. The van der Waals surface area contributed by atoms with E-state index in [1.807, 2.05) is 0 Å². The molecule has 0 amide bonds. The highest BCUT2D eigenvalue weighted by Gasteiger charge is 1.97. The van der Waals surface area contributed by atoms with Gasteiger partial charge in [-0.05, 0) is 32.1 Å². The van der Waals surface area contributed by atoms with Gasteiger partial charge in [0.25, 0.3) is 0 Å². The van der Waals surface area contributed by atoms with E-state index in [1.54, 1.807) is 0 Å². The quantitative estimate of drug-likeness (QED) is 0.147. The van der Waals surface area contributed by atoms with Crippen molar-refractivity contribution in [1.82, 2.24) is 0 Å². The fourth-order valence-electron chi connectivity index (χ4n) is 3.51. The molecule has 0 rings (SSSR count). The second-order valence-electron chi connectivity index (χ2n) is 8.20. The number of unbranched alkanes of at least 4 members (excludes halogenated alkanes) is 16. The number of hydrogen-bond donors (Lipinski definition) is 1. The van der Waals surface area contributed by atoms with Crippen molar-refractivity contribution in [3.05, 3.63) is 24.3 Å². The molecule has 0 radical (unpaired) electrons. The average Bonchev–Trinajstić information content (AvgIpc) is 2.68. The minimum Gasteiger partial charge on any atom is -0.481 e. The SMILES string of the molecule is CCC/C=C\C/C=C\CCCCCCCCCCCCCCCCCC(=O)O. The summed E-state index contributed by atoms with van der Waals surface area (Å²) in [5.74, 6) is -0.654. The standard InChI is InChI=1S/C26H48O2/c1-2-3-4-5-6-7-8-9-10-11-12-13-14-15-16-17-18-19-20-21-22-23-24-25-26(27)28/h4-5,7-8H,2-3,6,9-25H2,1H3,(H,27,28)/b5-4-,8-7-. The summed E-state index contributed by atoms with van der Waals surface area (Å²) in [6.07, 6.45) is 34.1. The maximum atomic E-state index is 10.4. The van der Waals surface area contributed by atoms with Crippen molar-refractivity contribution in [2.45, 2.75) is 135 Å². The van der Waals surface area contributed by atoms with Crippen LogP contribution in [0.15, 0.2) is 24.3 Å². The van der Waals surface area contributed by atoms with Crippen LogP contribution in [0.3, 0.4) is 0 Å². The van der Waals surface area contributed by atoms with Crippen LogP contribution in [0.5, 0.6) is 0 Å². The Kier molecular flexibility index (Phi) is 23.1. The van der Waals surface area contributed by atoms with Gasteiger partial charge in [-0.3, -0.25) is 4.79 Å². The molecule has 0 aliphatic rings. The van der Waals surface area contributed by atoms with E-state index in [0.717, 1.165) is 19.3 Å². The molecule has 2 nitrogen and oxygen atoms in total. The van der Waals surface area contributed by atoms with Gasteiger partial charge < -0.3 is 5.11 Å². The third kappa shape index (κ3) is 24.9. The predicted molar refractivity (Wildman–Crippen MR) is 124 cm³/mol. The van der Waals surface area contributed by atoms with Crippen LogP contribution >= 0.6 is 0 Å². The Bertz CT molecular complexity index is 371. The van der Waals surface area contributed by atoms with Gasteiger partial charge in [0.15, 0.2) is 0 Å². The normalized spacial score (nSPS) is 11.8. The molecule has 0 spiro atoms. The van der Waals surface area contributed by atoms with Gasteiger partial charge in [-0.15, -0.1) is 0 Å². The highest BCUT2D eigenvalue weighted by atomic mass is 16.4. The summed E-state index contributed by atoms with van der Waals surface area (Å²) in [5.41, 5.74) is 0. The van der Waals surface area contributed by atoms with E-state index in [0.29, 0.717) is 6.42 Å². The van der Waals surface area contributed by atoms with Crippen LogP contribution in [0.25, 0.3) is 0 Å². The Morgan fingerprint density at radius 2 is 0.964 bits per heavy atom. The first-order valence-corrected chi connectivity index (χ1v) is 12.3. The van der Waals surface area contributed by atoms with Gasteiger partial charge >= 0.3 is 5.97 Å². The maximum Gasteiger partial charge on any atom is 0.303 e. The van der Waals surface area contributed by atoms with E-state index in [4.69, 9.17) is 5.11 Å². The number of hydrogen-bond acceptors (Lipinski definition) is 1. The molecule has 164 valence electrons. The summed E-state index contributed by atoms with van der Waals surface area (Å²) in [6.45, 7) is 2.22. The summed E-state index contributed by atoms with van der Waals surface area (Å²) in [7, 11) is 0. The number of aliphatic carboxylic acids is 1. The molecule has 2 heteroatoms. The lowest BCUT2D eigenvalue weighted by Gasteiger charge is -2.03. The van der Waals surface area contributed by atoms with Gasteiger partial charge in [0.1, 0.15) is 0 Å². The number of allylic oxidation sites excluding steroid dienone is 4. The van der Waals surface area contributed by atoms with Crippen molar-refractivity contribution in [2.75, 3.05) is 0 Å². The number of rotatable bonds is 22. The molecule has 0 aromatic rings. The van der Waals surface area contributed by atoms with Gasteiger partial charge in [-0.2, -0.15) is 0 Å². The zero-order chi connectivity index (χ0) is 20.5. The van der Waals surface area contributed by atoms with E-state index in [2.05, 4.69) is 31.2 Å². The smallest absolute Gasteiger partial charge is 0.303 e. The topological polar surface area (TPSA) is 37.3 Å². The van der Waals surface area contributed by atoms with Gasteiger partial charge in [0.2, 0.25) is 0 Å². The van der Waals surface area contributed by atoms with Crippen molar-refractivity contribution >= 4 is 5.97 Å². The molecule has 0 heterocycles. The highest BCUT2D eigenvalue weighted by molar-refractivity contribution is 5.66. The van der Waals surface area contributed by atoms with Crippen LogP contribution < -0.4 is 0 Å².